The number of halogens is 1. The van der Waals surface area contributed by atoms with Gasteiger partial charge >= 0.3 is 5.97 Å². The standard InChI is InChI=1S/C13H17ClO5S/c1-11(15)19-13(7-8-20(14,16)17)10-18-9-12-5-3-2-4-6-12/h2-6,13H,7-10H2,1H3/t13-/m1/s1. The van der Waals surface area contributed by atoms with E-state index < -0.39 is 21.1 Å². The average molecular weight is 321 g/mol. The van der Waals surface area contributed by atoms with E-state index in [1.807, 2.05) is 30.3 Å². The molecule has 0 fully saturated rings. The van der Waals surface area contributed by atoms with Gasteiger partial charge in [-0.05, 0) is 5.56 Å². The highest BCUT2D eigenvalue weighted by molar-refractivity contribution is 8.13. The zero-order valence-corrected chi connectivity index (χ0v) is 12.7. The van der Waals surface area contributed by atoms with E-state index in [0.717, 1.165) is 5.56 Å². The SMILES string of the molecule is CC(=O)O[C@H](CCS(=O)(=O)Cl)COCc1ccccc1. The molecule has 7 heteroatoms. The molecule has 0 unspecified atom stereocenters. The Bertz CT molecular complexity index is 515. The Morgan fingerprint density at radius 1 is 1.30 bits per heavy atom. The molecule has 20 heavy (non-hydrogen) atoms. The molecule has 0 bridgehead atoms. The van der Waals surface area contributed by atoms with Gasteiger partial charge in [0.2, 0.25) is 9.05 Å². The third-order valence-corrected chi connectivity index (χ3v) is 3.62. The molecule has 1 aromatic rings. The van der Waals surface area contributed by atoms with Gasteiger partial charge in [-0.15, -0.1) is 0 Å². The summed E-state index contributed by atoms with van der Waals surface area (Å²) in [5, 5.41) is 0. The van der Waals surface area contributed by atoms with Crippen molar-refractivity contribution in [1.29, 1.82) is 0 Å². The summed E-state index contributed by atoms with van der Waals surface area (Å²) in [4.78, 5) is 11.0. The highest BCUT2D eigenvalue weighted by atomic mass is 35.7. The Morgan fingerprint density at radius 2 is 1.95 bits per heavy atom. The van der Waals surface area contributed by atoms with Crippen molar-refractivity contribution < 1.29 is 22.7 Å². The van der Waals surface area contributed by atoms with Crippen LogP contribution < -0.4 is 0 Å². The van der Waals surface area contributed by atoms with Crippen LogP contribution in [0.5, 0.6) is 0 Å². The van der Waals surface area contributed by atoms with Crippen molar-refractivity contribution in [3.63, 3.8) is 0 Å². The zero-order chi connectivity index (χ0) is 15.0. The number of carbonyl (C=O) groups is 1. The number of hydrogen-bond donors (Lipinski definition) is 0. The van der Waals surface area contributed by atoms with Gasteiger partial charge in [0.25, 0.3) is 0 Å². The Morgan fingerprint density at radius 3 is 2.50 bits per heavy atom. The number of esters is 1. The Kier molecular flexibility index (Phi) is 6.98. The summed E-state index contributed by atoms with van der Waals surface area (Å²) in [7, 11) is 1.53. The number of rotatable bonds is 8. The third-order valence-electron chi connectivity index (χ3n) is 2.43. The van der Waals surface area contributed by atoms with E-state index >= 15 is 0 Å². The largest absolute Gasteiger partial charge is 0.460 e. The van der Waals surface area contributed by atoms with E-state index in [2.05, 4.69) is 0 Å². The normalized spacial score (nSPS) is 12.9. The van der Waals surface area contributed by atoms with Gasteiger partial charge in [-0.25, -0.2) is 8.42 Å². The minimum absolute atomic E-state index is 0.111. The first-order chi connectivity index (χ1) is 9.37. The maximum atomic E-state index is 11.0. The van der Waals surface area contributed by atoms with Gasteiger partial charge in [0, 0.05) is 24.0 Å². The predicted octanol–water partition coefficient (Wildman–Crippen LogP) is 2.09. The maximum absolute atomic E-state index is 11.0. The lowest BCUT2D eigenvalue weighted by molar-refractivity contribution is -0.149. The van der Waals surface area contributed by atoms with E-state index in [9.17, 15) is 13.2 Å². The molecule has 112 valence electrons. The van der Waals surface area contributed by atoms with Crippen LogP contribution in [0, 0.1) is 0 Å². The summed E-state index contributed by atoms with van der Waals surface area (Å²) < 4.78 is 32.2. The smallest absolute Gasteiger partial charge is 0.302 e. The molecule has 0 aliphatic heterocycles. The van der Waals surface area contributed by atoms with Crippen molar-refractivity contribution in [3.8, 4) is 0 Å². The molecule has 0 saturated carbocycles. The Hall–Kier alpha value is -1.11. The summed E-state index contributed by atoms with van der Waals surface area (Å²) >= 11 is 0. The topological polar surface area (TPSA) is 69.7 Å². The third kappa shape index (κ3) is 8.14. The first kappa shape index (κ1) is 16.9. The molecule has 0 aliphatic carbocycles. The Balaban J connectivity index is 2.42. The van der Waals surface area contributed by atoms with Gasteiger partial charge in [-0.2, -0.15) is 0 Å². The van der Waals surface area contributed by atoms with Crippen molar-refractivity contribution in [2.45, 2.75) is 26.1 Å². The number of benzene rings is 1. The highest BCUT2D eigenvalue weighted by Crippen LogP contribution is 2.08. The molecule has 5 nitrogen and oxygen atoms in total. The number of ether oxygens (including phenoxy) is 2. The van der Waals surface area contributed by atoms with Crippen LogP contribution in [0.25, 0.3) is 0 Å². The van der Waals surface area contributed by atoms with Crippen LogP contribution in [-0.2, 0) is 29.9 Å². The number of hydrogen-bond acceptors (Lipinski definition) is 5. The molecular formula is C13H17ClO5S. The lowest BCUT2D eigenvalue weighted by Crippen LogP contribution is -2.24. The van der Waals surface area contributed by atoms with Crippen molar-refractivity contribution in [3.05, 3.63) is 35.9 Å². The van der Waals surface area contributed by atoms with Crippen molar-refractivity contribution in [1.82, 2.24) is 0 Å². The predicted molar refractivity (Wildman–Crippen MR) is 75.9 cm³/mol. The fourth-order valence-corrected chi connectivity index (χ4v) is 2.38. The van der Waals surface area contributed by atoms with Gasteiger partial charge in [0.1, 0.15) is 6.10 Å². The van der Waals surface area contributed by atoms with Crippen molar-refractivity contribution >= 4 is 25.7 Å². The quantitative estimate of drug-likeness (QED) is 0.542. The number of carbonyl (C=O) groups excluding carboxylic acids is 1. The molecule has 0 saturated heterocycles. The van der Waals surface area contributed by atoms with Crippen LogP contribution in [0.3, 0.4) is 0 Å². The molecule has 1 atom stereocenters. The van der Waals surface area contributed by atoms with Gasteiger partial charge in [0.05, 0.1) is 19.0 Å². The molecule has 1 rings (SSSR count). The fourth-order valence-electron chi connectivity index (χ4n) is 1.57. The van der Waals surface area contributed by atoms with E-state index in [0.29, 0.717) is 6.61 Å². The summed E-state index contributed by atoms with van der Waals surface area (Å²) in [6.07, 6.45) is -0.509. The van der Waals surface area contributed by atoms with Gasteiger partial charge < -0.3 is 9.47 Å². The molecule has 0 aromatic heterocycles. The first-order valence-electron chi connectivity index (χ1n) is 6.08. The molecule has 0 radical (unpaired) electrons. The molecule has 1 aromatic carbocycles. The first-order valence-corrected chi connectivity index (χ1v) is 8.56. The van der Waals surface area contributed by atoms with Gasteiger partial charge in [-0.1, -0.05) is 30.3 Å². The van der Waals surface area contributed by atoms with E-state index in [1.54, 1.807) is 0 Å². The molecule has 0 heterocycles. The van der Waals surface area contributed by atoms with E-state index in [1.165, 1.54) is 6.92 Å². The van der Waals surface area contributed by atoms with Crippen molar-refractivity contribution in [2.75, 3.05) is 12.4 Å². The van der Waals surface area contributed by atoms with Crippen LogP contribution in [0.2, 0.25) is 0 Å². The summed E-state index contributed by atoms with van der Waals surface area (Å²) in [5.41, 5.74) is 0.985. The molecule has 0 N–H and O–H groups in total. The van der Waals surface area contributed by atoms with Gasteiger partial charge in [0.15, 0.2) is 0 Å². The summed E-state index contributed by atoms with van der Waals surface area (Å²) in [6.45, 7) is 1.76. The second kappa shape index (κ2) is 8.24. The van der Waals surface area contributed by atoms with Crippen LogP contribution >= 0.6 is 10.7 Å². The maximum Gasteiger partial charge on any atom is 0.302 e. The zero-order valence-electron chi connectivity index (χ0n) is 11.1. The van der Waals surface area contributed by atoms with E-state index in [-0.39, 0.29) is 18.8 Å². The minimum Gasteiger partial charge on any atom is -0.460 e. The molecular weight excluding hydrogens is 304 g/mol. The van der Waals surface area contributed by atoms with Crippen LogP contribution in [0.4, 0.5) is 0 Å². The minimum atomic E-state index is -3.61. The van der Waals surface area contributed by atoms with Crippen molar-refractivity contribution in [2.24, 2.45) is 0 Å². The Labute approximate surface area is 123 Å². The molecule has 0 amide bonds. The molecule has 0 aliphatic rings. The fraction of sp³-hybridized carbons (Fsp3) is 0.462. The summed E-state index contributed by atoms with van der Waals surface area (Å²) in [5.74, 6) is -0.744. The second-order valence-electron chi connectivity index (χ2n) is 4.26. The lowest BCUT2D eigenvalue weighted by atomic mass is 10.2. The van der Waals surface area contributed by atoms with Gasteiger partial charge in [-0.3, -0.25) is 4.79 Å². The van der Waals surface area contributed by atoms with Crippen LogP contribution in [0.1, 0.15) is 18.9 Å². The highest BCUT2D eigenvalue weighted by Gasteiger charge is 2.16. The average Bonchev–Trinajstić information content (AvgIpc) is 2.35. The summed E-state index contributed by atoms with van der Waals surface area (Å²) in [6, 6.07) is 9.50. The van der Waals surface area contributed by atoms with E-state index in [4.69, 9.17) is 20.2 Å². The monoisotopic (exact) mass is 320 g/mol. The second-order valence-corrected chi connectivity index (χ2v) is 7.16. The van der Waals surface area contributed by atoms with Crippen LogP contribution in [0.15, 0.2) is 30.3 Å². The molecule has 0 spiro atoms. The lowest BCUT2D eigenvalue weighted by Gasteiger charge is -2.16. The van der Waals surface area contributed by atoms with Crippen LogP contribution in [-0.4, -0.2) is 32.9 Å².